The van der Waals surface area contributed by atoms with Crippen molar-refractivity contribution < 1.29 is 9.53 Å². The van der Waals surface area contributed by atoms with E-state index in [4.69, 9.17) is 4.74 Å². The zero-order chi connectivity index (χ0) is 17.8. The predicted molar refractivity (Wildman–Crippen MR) is 97.3 cm³/mol. The molecule has 1 atom stereocenters. The summed E-state index contributed by atoms with van der Waals surface area (Å²) in [6.07, 6.45) is 2.15. The quantitative estimate of drug-likeness (QED) is 0.875. The number of nitrogens with one attached hydrogen (secondary N) is 2. The first-order valence-corrected chi connectivity index (χ1v) is 8.61. The van der Waals surface area contributed by atoms with Gasteiger partial charge in [0.15, 0.2) is 0 Å². The van der Waals surface area contributed by atoms with Gasteiger partial charge in [-0.1, -0.05) is 12.1 Å². The molecule has 6 heteroatoms. The molecule has 1 fully saturated rings. The Labute approximate surface area is 148 Å². The van der Waals surface area contributed by atoms with Crippen LogP contribution >= 0.6 is 0 Å². The monoisotopic (exact) mass is 340 g/mol. The lowest BCUT2D eigenvalue weighted by Crippen LogP contribution is -2.32. The van der Waals surface area contributed by atoms with Gasteiger partial charge in [0.1, 0.15) is 17.3 Å². The van der Waals surface area contributed by atoms with Gasteiger partial charge in [0.25, 0.3) is 5.91 Å². The first-order valence-electron chi connectivity index (χ1n) is 8.61. The lowest BCUT2D eigenvalue weighted by Gasteiger charge is -2.13. The van der Waals surface area contributed by atoms with Gasteiger partial charge in [-0.05, 0) is 50.8 Å². The highest BCUT2D eigenvalue weighted by Gasteiger charge is 2.18. The Morgan fingerprint density at radius 3 is 2.88 bits per heavy atom. The molecule has 0 saturated carbocycles. The van der Waals surface area contributed by atoms with Crippen LogP contribution in [0.25, 0.3) is 0 Å². The summed E-state index contributed by atoms with van der Waals surface area (Å²) in [4.78, 5) is 21.0. The van der Waals surface area contributed by atoms with Crippen LogP contribution in [0.5, 0.6) is 0 Å². The van der Waals surface area contributed by atoms with Crippen LogP contribution in [0.4, 0.5) is 11.5 Å². The molecule has 1 saturated heterocycles. The van der Waals surface area contributed by atoms with Gasteiger partial charge in [0.05, 0.1) is 6.10 Å². The van der Waals surface area contributed by atoms with Gasteiger partial charge in [-0.2, -0.15) is 0 Å². The molecule has 0 bridgehead atoms. The summed E-state index contributed by atoms with van der Waals surface area (Å²) < 4.78 is 5.53. The number of carbonyl (C=O) groups is 1. The molecule has 2 aromatic rings. The molecular weight excluding hydrogens is 316 g/mol. The molecule has 1 aromatic heterocycles. The van der Waals surface area contributed by atoms with E-state index in [1.807, 2.05) is 12.1 Å². The van der Waals surface area contributed by atoms with Gasteiger partial charge in [-0.3, -0.25) is 4.79 Å². The van der Waals surface area contributed by atoms with E-state index in [1.54, 1.807) is 13.0 Å². The fourth-order valence-corrected chi connectivity index (χ4v) is 2.87. The maximum absolute atomic E-state index is 12.4. The lowest BCUT2D eigenvalue weighted by atomic mass is 10.1. The van der Waals surface area contributed by atoms with Crippen molar-refractivity contribution in [2.75, 3.05) is 18.5 Å². The SMILES string of the molecule is Cc1nc(Nc2cccc(C)c2C)cc(C(=O)NCC2CCCO2)n1. The Kier molecular flexibility index (Phi) is 5.28. The van der Waals surface area contributed by atoms with Gasteiger partial charge in [0, 0.05) is 24.9 Å². The van der Waals surface area contributed by atoms with Crippen molar-refractivity contribution in [2.24, 2.45) is 0 Å². The molecule has 0 aliphatic carbocycles. The summed E-state index contributed by atoms with van der Waals surface area (Å²) in [6.45, 7) is 7.19. The second kappa shape index (κ2) is 7.61. The van der Waals surface area contributed by atoms with E-state index in [0.717, 1.165) is 30.7 Å². The standard InChI is InChI=1S/C19H24N4O2/c1-12-6-4-8-16(13(12)2)23-18-10-17(21-14(3)22-18)19(24)20-11-15-7-5-9-25-15/h4,6,8,10,15H,5,7,9,11H2,1-3H3,(H,20,24)(H,21,22,23). The van der Waals surface area contributed by atoms with E-state index in [1.165, 1.54) is 5.56 Å². The molecule has 25 heavy (non-hydrogen) atoms. The van der Waals surface area contributed by atoms with E-state index in [2.05, 4.69) is 40.5 Å². The number of ether oxygens (including phenoxy) is 1. The number of anilines is 2. The largest absolute Gasteiger partial charge is 0.376 e. The van der Waals surface area contributed by atoms with Gasteiger partial charge in [-0.25, -0.2) is 9.97 Å². The number of hydrogen-bond acceptors (Lipinski definition) is 5. The molecule has 1 amide bonds. The van der Waals surface area contributed by atoms with Crippen LogP contribution in [0.15, 0.2) is 24.3 Å². The minimum atomic E-state index is -0.204. The van der Waals surface area contributed by atoms with Gasteiger partial charge < -0.3 is 15.4 Å². The van der Waals surface area contributed by atoms with E-state index in [-0.39, 0.29) is 12.0 Å². The molecule has 2 N–H and O–H groups in total. The molecule has 6 nitrogen and oxygen atoms in total. The average molecular weight is 340 g/mol. The number of rotatable bonds is 5. The summed E-state index contributed by atoms with van der Waals surface area (Å²) in [5.74, 6) is 0.964. The molecule has 1 aliphatic rings. The van der Waals surface area contributed by atoms with Crippen molar-refractivity contribution in [2.45, 2.75) is 39.7 Å². The molecule has 2 heterocycles. The highest BCUT2D eigenvalue weighted by molar-refractivity contribution is 5.93. The summed E-state index contributed by atoms with van der Waals surface area (Å²) >= 11 is 0. The summed E-state index contributed by atoms with van der Waals surface area (Å²) in [5.41, 5.74) is 3.69. The van der Waals surface area contributed by atoms with E-state index in [9.17, 15) is 4.79 Å². The maximum atomic E-state index is 12.4. The summed E-state index contributed by atoms with van der Waals surface area (Å²) in [5, 5.41) is 6.19. The minimum absolute atomic E-state index is 0.111. The van der Waals surface area contributed by atoms with E-state index < -0.39 is 0 Å². The number of aromatic nitrogens is 2. The Bertz CT molecular complexity index is 770. The highest BCUT2D eigenvalue weighted by atomic mass is 16.5. The van der Waals surface area contributed by atoms with Crippen molar-refractivity contribution in [3.63, 3.8) is 0 Å². The fourth-order valence-electron chi connectivity index (χ4n) is 2.87. The molecule has 0 spiro atoms. The van der Waals surface area contributed by atoms with Crippen molar-refractivity contribution in [1.82, 2.24) is 15.3 Å². The number of aryl methyl sites for hydroxylation is 2. The summed E-state index contributed by atoms with van der Waals surface area (Å²) in [6, 6.07) is 7.74. The lowest BCUT2D eigenvalue weighted by molar-refractivity contribution is 0.0853. The van der Waals surface area contributed by atoms with Crippen LogP contribution < -0.4 is 10.6 Å². The first-order chi connectivity index (χ1) is 12.0. The van der Waals surface area contributed by atoms with Crippen molar-refractivity contribution in [1.29, 1.82) is 0 Å². The molecule has 1 aliphatic heterocycles. The zero-order valence-corrected chi connectivity index (χ0v) is 14.9. The van der Waals surface area contributed by atoms with Gasteiger partial charge in [0.2, 0.25) is 0 Å². The fraction of sp³-hybridized carbons (Fsp3) is 0.421. The minimum Gasteiger partial charge on any atom is -0.376 e. The third-order valence-electron chi connectivity index (χ3n) is 4.45. The molecular formula is C19H24N4O2. The van der Waals surface area contributed by atoms with Crippen molar-refractivity contribution in [3.05, 3.63) is 46.9 Å². The first kappa shape index (κ1) is 17.4. The van der Waals surface area contributed by atoms with Crippen LogP contribution in [0.2, 0.25) is 0 Å². The second-order valence-corrected chi connectivity index (χ2v) is 6.40. The van der Waals surface area contributed by atoms with Crippen LogP contribution in [-0.2, 0) is 4.74 Å². The molecule has 1 unspecified atom stereocenters. The third kappa shape index (κ3) is 4.33. The number of benzene rings is 1. The smallest absolute Gasteiger partial charge is 0.270 e. The van der Waals surface area contributed by atoms with Gasteiger partial charge in [-0.15, -0.1) is 0 Å². The van der Waals surface area contributed by atoms with Crippen LogP contribution in [-0.4, -0.2) is 35.1 Å². The van der Waals surface area contributed by atoms with Crippen LogP contribution in [0.3, 0.4) is 0 Å². The predicted octanol–water partition coefficient (Wildman–Crippen LogP) is 3.05. The molecule has 1 aromatic carbocycles. The third-order valence-corrected chi connectivity index (χ3v) is 4.45. The topological polar surface area (TPSA) is 76.1 Å². The van der Waals surface area contributed by atoms with E-state index in [0.29, 0.717) is 23.9 Å². The molecule has 0 radical (unpaired) electrons. The Balaban J connectivity index is 1.73. The summed E-state index contributed by atoms with van der Waals surface area (Å²) in [7, 11) is 0. The van der Waals surface area contributed by atoms with Crippen molar-refractivity contribution >= 4 is 17.4 Å². The maximum Gasteiger partial charge on any atom is 0.270 e. The second-order valence-electron chi connectivity index (χ2n) is 6.40. The van der Waals surface area contributed by atoms with E-state index >= 15 is 0 Å². The Hall–Kier alpha value is -2.47. The van der Waals surface area contributed by atoms with Crippen molar-refractivity contribution in [3.8, 4) is 0 Å². The highest BCUT2D eigenvalue weighted by Crippen LogP contribution is 2.22. The zero-order valence-electron chi connectivity index (χ0n) is 14.9. The normalized spacial score (nSPS) is 16.7. The Morgan fingerprint density at radius 1 is 1.28 bits per heavy atom. The number of amides is 1. The number of carbonyl (C=O) groups excluding carboxylic acids is 1. The Morgan fingerprint density at radius 2 is 2.12 bits per heavy atom. The number of hydrogen-bond donors (Lipinski definition) is 2. The molecule has 3 rings (SSSR count). The van der Waals surface area contributed by atoms with Crippen LogP contribution in [0.1, 0.15) is 40.3 Å². The van der Waals surface area contributed by atoms with Crippen LogP contribution in [0, 0.1) is 20.8 Å². The molecule has 132 valence electrons. The van der Waals surface area contributed by atoms with Gasteiger partial charge >= 0.3 is 0 Å². The number of nitrogens with zero attached hydrogens (tertiary/aromatic N) is 2. The average Bonchev–Trinajstić information content (AvgIpc) is 3.10.